The quantitative estimate of drug-likeness (QED) is 0.488. The van der Waals surface area contributed by atoms with E-state index in [1.54, 1.807) is 0 Å². The van der Waals surface area contributed by atoms with Gasteiger partial charge in [-0.3, -0.25) is 4.79 Å². The maximum atomic E-state index is 12.6. The first-order chi connectivity index (χ1) is 7.36. The second-order valence-corrected chi connectivity index (χ2v) is 3.75. The lowest BCUT2D eigenvalue weighted by Crippen LogP contribution is -2.07. The lowest BCUT2D eigenvalue weighted by Gasteiger charge is -2.06. The van der Waals surface area contributed by atoms with Crippen molar-refractivity contribution in [1.29, 1.82) is 0 Å². The number of hydrogen-bond donors (Lipinski definition) is 0. The minimum absolute atomic E-state index is 0.211. The van der Waals surface area contributed by atoms with E-state index in [1.165, 1.54) is 0 Å². The standard InChI is InChI=1S/C7H2BrClF2N2O3/c8-2-1-12-7(13(15)16)4(5(9)14)3(2)6(10)11/h1,6H. The van der Waals surface area contributed by atoms with Gasteiger partial charge in [0.2, 0.25) is 0 Å². The van der Waals surface area contributed by atoms with E-state index in [9.17, 15) is 23.7 Å². The molecule has 0 spiro atoms. The number of carbonyl (C=O) groups excluding carboxylic acids is 1. The lowest BCUT2D eigenvalue weighted by molar-refractivity contribution is -0.389. The Morgan fingerprint density at radius 1 is 1.62 bits per heavy atom. The van der Waals surface area contributed by atoms with E-state index in [1.807, 2.05) is 0 Å². The van der Waals surface area contributed by atoms with Crippen LogP contribution >= 0.6 is 27.5 Å². The zero-order valence-corrected chi connectivity index (χ0v) is 9.63. The van der Waals surface area contributed by atoms with Crippen LogP contribution in [-0.2, 0) is 0 Å². The number of nitro groups is 1. The van der Waals surface area contributed by atoms with Crippen molar-refractivity contribution in [3.8, 4) is 0 Å². The number of hydrogen-bond acceptors (Lipinski definition) is 4. The molecule has 0 bridgehead atoms. The molecule has 0 atom stereocenters. The normalized spacial score (nSPS) is 10.6. The molecule has 1 rings (SSSR count). The molecule has 0 fully saturated rings. The van der Waals surface area contributed by atoms with Crippen LogP contribution in [0, 0.1) is 10.1 Å². The van der Waals surface area contributed by atoms with Gasteiger partial charge in [-0.25, -0.2) is 8.78 Å². The van der Waals surface area contributed by atoms with Crippen LogP contribution in [0.5, 0.6) is 0 Å². The van der Waals surface area contributed by atoms with Gasteiger partial charge in [-0.15, -0.1) is 0 Å². The average Bonchev–Trinajstić information content (AvgIpc) is 2.15. The van der Waals surface area contributed by atoms with Crippen LogP contribution in [0.15, 0.2) is 10.7 Å². The van der Waals surface area contributed by atoms with E-state index in [4.69, 9.17) is 11.6 Å². The van der Waals surface area contributed by atoms with Crippen LogP contribution in [0.3, 0.4) is 0 Å². The number of alkyl halides is 2. The van der Waals surface area contributed by atoms with E-state index in [0.29, 0.717) is 0 Å². The van der Waals surface area contributed by atoms with Crippen LogP contribution in [0.1, 0.15) is 22.3 Å². The summed E-state index contributed by atoms with van der Waals surface area (Å²) in [5.41, 5.74) is -1.72. The first-order valence-corrected chi connectivity index (χ1v) is 4.84. The summed E-state index contributed by atoms with van der Waals surface area (Å²) in [5, 5.41) is 9.13. The SMILES string of the molecule is O=C(Cl)c1c([N+](=O)[O-])ncc(Br)c1C(F)F. The van der Waals surface area contributed by atoms with Crippen molar-refractivity contribution < 1.29 is 18.5 Å². The largest absolute Gasteiger partial charge is 0.376 e. The summed E-state index contributed by atoms with van der Waals surface area (Å²) >= 11 is 7.76. The molecule has 0 aromatic carbocycles. The molecule has 0 saturated heterocycles. The van der Waals surface area contributed by atoms with Crippen molar-refractivity contribution in [2.24, 2.45) is 0 Å². The molecule has 0 unspecified atom stereocenters. The predicted octanol–water partition coefficient (Wildman–Crippen LogP) is 3.07. The smallest absolute Gasteiger partial charge is 0.358 e. The number of carbonyl (C=O) groups is 1. The molecule has 0 aliphatic heterocycles. The summed E-state index contributed by atoms with van der Waals surface area (Å²) in [5.74, 6) is -0.988. The number of halogens is 4. The molecule has 1 aromatic rings. The van der Waals surface area contributed by atoms with E-state index in [-0.39, 0.29) is 4.47 Å². The van der Waals surface area contributed by atoms with Gasteiger partial charge in [0.1, 0.15) is 5.56 Å². The Morgan fingerprint density at radius 2 is 2.19 bits per heavy atom. The second kappa shape index (κ2) is 4.79. The molecule has 9 heteroatoms. The van der Waals surface area contributed by atoms with Gasteiger partial charge in [-0.1, -0.05) is 0 Å². The molecule has 5 nitrogen and oxygen atoms in total. The Bertz CT molecular complexity index is 469. The molecule has 86 valence electrons. The highest BCUT2D eigenvalue weighted by atomic mass is 79.9. The minimum atomic E-state index is -3.08. The third-order valence-electron chi connectivity index (χ3n) is 1.64. The molecule has 0 aliphatic carbocycles. The molecule has 0 amide bonds. The van der Waals surface area contributed by atoms with Gasteiger partial charge in [0.05, 0.1) is 10.0 Å². The zero-order valence-electron chi connectivity index (χ0n) is 7.29. The van der Waals surface area contributed by atoms with Gasteiger partial charge in [0.25, 0.3) is 11.7 Å². The third-order valence-corrected chi connectivity index (χ3v) is 2.46. The van der Waals surface area contributed by atoms with Crippen molar-refractivity contribution in [2.75, 3.05) is 0 Å². The predicted molar refractivity (Wildman–Crippen MR) is 53.7 cm³/mol. The fraction of sp³-hybridized carbons (Fsp3) is 0.143. The van der Waals surface area contributed by atoms with E-state index in [2.05, 4.69) is 20.9 Å². The number of nitrogens with zero attached hydrogens (tertiary/aromatic N) is 2. The fourth-order valence-electron chi connectivity index (χ4n) is 1.04. The topological polar surface area (TPSA) is 73.1 Å². The molecule has 0 aliphatic rings. The van der Waals surface area contributed by atoms with Crippen molar-refractivity contribution >= 4 is 38.6 Å². The number of aromatic nitrogens is 1. The van der Waals surface area contributed by atoms with Crippen LogP contribution < -0.4 is 0 Å². The molecular weight excluding hydrogens is 313 g/mol. The highest BCUT2D eigenvalue weighted by Crippen LogP contribution is 2.34. The molecule has 16 heavy (non-hydrogen) atoms. The van der Waals surface area contributed by atoms with Crippen LogP contribution in [0.25, 0.3) is 0 Å². The molecule has 0 saturated carbocycles. The fourth-order valence-corrected chi connectivity index (χ4v) is 1.70. The summed E-state index contributed by atoms with van der Waals surface area (Å²) in [6, 6.07) is 0. The number of rotatable bonds is 3. The summed E-state index contributed by atoms with van der Waals surface area (Å²) < 4.78 is 25.0. The average molecular weight is 315 g/mol. The summed E-state index contributed by atoms with van der Waals surface area (Å²) in [6.45, 7) is 0. The van der Waals surface area contributed by atoms with Gasteiger partial charge >= 0.3 is 5.82 Å². The van der Waals surface area contributed by atoms with Gasteiger partial charge in [0.15, 0.2) is 6.20 Å². The highest BCUT2D eigenvalue weighted by molar-refractivity contribution is 9.10. The molecule has 0 N–H and O–H groups in total. The Hall–Kier alpha value is -1.15. The second-order valence-electron chi connectivity index (χ2n) is 2.55. The van der Waals surface area contributed by atoms with Crippen LogP contribution in [0.4, 0.5) is 14.6 Å². The Balaban J connectivity index is 3.63. The Morgan fingerprint density at radius 3 is 2.56 bits per heavy atom. The molecule has 1 heterocycles. The Kier molecular flexibility index (Phi) is 3.87. The number of pyridine rings is 1. The van der Waals surface area contributed by atoms with Gasteiger partial charge in [-0.2, -0.15) is 0 Å². The van der Waals surface area contributed by atoms with E-state index < -0.39 is 33.5 Å². The third kappa shape index (κ3) is 2.33. The van der Waals surface area contributed by atoms with Crippen molar-refractivity contribution in [3.63, 3.8) is 0 Å². The van der Waals surface area contributed by atoms with Crippen molar-refractivity contribution in [3.05, 3.63) is 31.9 Å². The van der Waals surface area contributed by atoms with Gasteiger partial charge in [-0.05, 0) is 37.4 Å². The molecule has 1 aromatic heterocycles. The van der Waals surface area contributed by atoms with Crippen LogP contribution in [0.2, 0.25) is 0 Å². The van der Waals surface area contributed by atoms with E-state index >= 15 is 0 Å². The van der Waals surface area contributed by atoms with Gasteiger partial charge in [0, 0.05) is 0 Å². The minimum Gasteiger partial charge on any atom is -0.358 e. The monoisotopic (exact) mass is 314 g/mol. The summed E-state index contributed by atoms with van der Waals surface area (Å²) in [4.78, 5) is 23.6. The van der Waals surface area contributed by atoms with E-state index in [0.717, 1.165) is 6.20 Å². The maximum absolute atomic E-state index is 12.6. The van der Waals surface area contributed by atoms with Crippen molar-refractivity contribution in [1.82, 2.24) is 4.98 Å². The Labute approximate surface area is 101 Å². The highest BCUT2D eigenvalue weighted by Gasteiger charge is 2.31. The van der Waals surface area contributed by atoms with Gasteiger partial charge < -0.3 is 10.1 Å². The first-order valence-electron chi connectivity index (χ1n) is 3.67. The zero-order chi connectivity index (χ0) is 12.5. The summed E-state index contributed by atoms with van der Waals surface area (Å²) in [7, 11) is 0. The maximum Gasteiger partial charge on any atom is 0.376 e. The molecular formula is C7H2BrClF2N2O3. The van der Waals surface area contributed by atoms with Crippen LogP contribution in [-0.4, -0.2) is 15.1 Å². The summed E-state index contributed by atoms with van der Waals surface area (Å²) in [6.07, 6.45) is -2.25. The first kappa shape index (κ1) is 12.9. The lowest BCUT2D eigenvalue weighted by atomic mass is 10.1. The molecule has 0 radical (unpaired) electrons. The van der Waals surface area contributed by atoms with Crippen molar-refractivity contribution in [2.45, 2.75) is 6.43 Å².